The molecule has 1 unspecified atom stereocenters. The lowest BCUT2D eigenvalue weighted by molar-refractivity contribution is 0.0639. The Morgan fingerprint density at radius 1 is 1.19 bits per heavy atom. The first-order valence-electron chi connectivity index (χ1n) is 8.84. The van der Waals surface area contributed by atoms with Gasteiger partial charge < -0.3 is 15.0 Å². The summed E-state index contributed by atoms with van der Waals surface area (Å²) in [6.07, 6.45) is 4.80. The SMILES string of the molecule is COc1ccccc1C(=O)N(Cc1ccccn1)C1CCCNCC1.Cl. The molecule has 1 fully saturated rings. The standard InChI is InChI=1S/C20H25N3O2.ClH/c1-25-19-10-3-2-9-18(19)20(24)23(15-16-7-4-5-13-22-16)17-8-6-12-21-14-11-17;/h2-5,7,9-10,13,17,21H,6,8,11-12,14-15H2,1H3;1H. The number of amides is 1. The molecule has 3 rings (SSSR count). The highest BCUT2D eigenvalue weighted by molar-refractivity contribution is 5.97. The van der Waals surface area contributed by atoms with Crippen LogP contribution >= 0.6 is 12.4 Å². The summed E-state index contributed by atoms with van der Waals surface area (Å²) in [4.78, 5) is 19.7. The predicted octanol–water partition coefficient (Wildman–Crippen LogP) is 3.30. The van der Waals surface area contributed by atoms with Crippen LogP contribution in [0.4, 0.5) is 0 Å². The number of nitrogens with zero attached hydrogens (tertiary/aromatic N) is 2. The summed E-state index contributed by atoms with van der Waals surface area (Å²) < 4.78 is 5.40. The first kappa shape index (κ1) is 20.2. The zero-order valence-electron chi connectivity index (χ0n) is 15.1. The molecule has 1 aliphatic rings. The Morgan fingerprint density at radius 3 is 2.77 bits per heavy atom. The Hall–Kier alpha value is -2.11. The number of methoxy groups -OCH3 is 1. The molecule has 6 heteroatoms. The van der Waals surface area contributed by atoms with Crippen LogP contribution in [-0.4, -0.2) is 42.0 Å². The van der Waals surface area contributed by atoms with Gasteiger partial charge in [0.2, 0.25) is 0 Å². The maximum absolute atomic E-state index is 13.3. The third-order valence-electron chi connectivity index (χ3n) is 4.64. The van der Waals surface area contributed by atoms with Crippen LogP contribution in [-0.2, 0) is 6.54 Å². The lowest BCUT2D eigenvalue weighted by atomic mass is 10.0. The smallest absolute Gasteiger partial charge is 0.258 e. The van der Waals surface area contributed by atoms with E-state index < -0.39 is 0 Å². The van der Waals surface area contributed by atoms with E-state index in [0.717, 1.165) is 38.0 Å². The van der Waals surface area contributed by atoms with Gasteiger partial charge in [-0.1, -0.05) is 18.2 Å². The number of para-hydroxylation sites is 1. The van der Waals surface area contributed by atoms with Crippen LogP contribution in [0.15, 0.2) is 48.7 Å². The van der Waals surface area contributed by atoms with Crippen LogP contribution in [0.2, 0.25) is 0 Å². The summed E-state index contributed by atoms with van der Waals surface area (Å²) in [5, 5.41) is 3.42. The van der Waals surface area contributed by atoms with Gasteiger partial charge in [0.05, 0.1) is 24.9 Å². The fourth-order valence-electron chi connectivity index (χ4n) is 3.32. The molecule has 0 bridgehead atoms. The van der Waals surface area contributed by atoms with E-state index in [-0.39, 0.29) is 24.4 Å². The number of ether oxygens (including phenoxy) is 1. The molecule has 0 radical (unpaired) electrons. The lowest BCUT2D eigenvalue weighted by Crippen LogP contribution is -2.40. The molecule has 1 amide bonds. The topological polar surface area (TPSA) is 54.5 Å². The van der Waals surface area contributed by atoms with E-state index in [9.17, 15) is 4.79 Å². The van der Waals surface area contributed by atoms with E-state index in [0.29, 0.717) is 17.9 Å². The molecule has 5 nitrogen and oxygen atoms in total. The van der Waals surface area contributed by atoms with E-state index in [1.54, 1.807) is 13.3 Å². The van der Waals surface area contributed by atoms with Crippen molar-refractivity contribution < 1.29 is 9.53 Å². The van der Waals surface area contributed by atoms with Crippen molar-refractivity contribution >= 4 is 18.3 Å². The van der Waals surface area contributed by atoms with Crippen LogP contribution in [0, 0.1) is 0 Å². The van der Waals surface area contributed by atoms with Gasteiger partial charge in [-0.15, -0.1) is 12.4 Å². The minimum atomic E-state index is 0. The van der Waals surface area contributed by atoms with Crippen LogP contribution in [0.3, 0.4) is 0 Å². The Labute approximate surface area is 161 Å². The predicted molar refractivity (Wildman–Crippen MR) is 105 cm³/mol. The fourth-order valence-corrected chi connectivity index (χ4v) is 3.32. The molecule has 1 saturated heterocycles. The van der Waals surface area contributed by atoms with Crippen molar-refractivity contribution in [3.63, 3.8) is 0 Å². The Bertz CT molecular complexity index is 688. The normalized spacial score (nSPS) is 16.9. The van der Waals surface area contributed by atoms with Crippen LogP contribution in [0.5, 0.6) is 5.75 Å². The van der Waals surface area contributed by atoms with E-state index in [2.05, 4.69) is 10.3 Å². The van der Waals surface area contributed by atoms with Gasteiger partial charge in [-0.25, -0.2) is 0 Å². The van der Waals surface area contributed by atoms with E-state index in [4.69, 9.17) is 4.74 Å². The van der Waals surface area contributed by atoms with Crippen molar-refractivity contribution in [2.45, 2.75) is 31.8 Å². The lowest BCUT2D eigenvalue weighted by Gasteiger charge is -2.31. The monoisotopic (exact) mass is 375 g/mol. The quantitative estimate of drug-likeness (QED) is 0.871. The highest BCUT2D eigenvalue weighted by atomic mass is 35.5. The minimum Gasteiger partial charge on any atom is -0.496 e. The third-order valence-corrected chi connectivity index (χ3v) is 4.64. The molecule has 2 heterocycles. The van der Waals surface area contributed by atoms with Crippen LogP contribution < -0.4 is 10.1 Å². The Kier molecular flexibility index (Phi) is 7.88. The van der Waals surface area contributed by atoms with Gasteiger partial charge in [-0.2, -0.15) is 0 Å². The van der Waals surface area contributed by atoms with Crippen molar-refractivity contribution in [3.8, 4) is 5.75 Å². The zero-order valence-corrected chi connectivity index (χ0v) is 15.9. The summed E-state index contributed by atoms with van der Waals surface area (Å²) in [6.45, 7) is 2.46. The van der Waals surface area contributed by atoms with Gasteiger partial charge >= 0.3 is 0 Å². The Morgan fingerprint density at radius 2 is 2.00 bits per heavy atom. The van der Waals surface area contributed by atoms with E-state index >= 15 is 0 Å². The first-order chi connectivity index (χ1) is 12.3. The van der Waals surface area contributed by atoms with Crippen LogP contribution in [0.25, 0.3) is 0 Å². The van der Waals surface area contributed by atoms with Crippen molar-refractivity contribution in [3.05, 3.63) is 59.9 Å². The molecule has 140 valence electrons. The molecule has 1 aromatic carbocycles. The number of halogens is 1. The van der Waals surface area contributed by atoms with Gasteiger partial charge in [-0.05, 0) is 56.6 Å². The Balaban J connectivity index is 0.00000243. The summed E-state index contributed by atoms with van der Waals surface area (Å²) in [5.41, 5.74) is 1.51. The number of hydrogen-bond donors (Lipinski definition) is 1. The highest BCUT2D eigenvalue weighted by Gasteiger charge is 2.27. The molecule has 1 N–H and O–H groups in total. The third kappa shape index (κ3) is 4.96. The zero-order chi connectivity index (χ0) is 17.5. The van der Waals surface area contributed by atoms with Gasteiger partial charge in [0.1, 0.15) is 5.75 Å². The average molecular weight is 376 g/mol. The largest absolute Gasteiger partial charge is 0.496 e. The molecule has 1 aromatic heterocycles. The molecule has 2 aromatic rings. The average Bonchev–Trinajstić information content (AvgIpc) is 2.95. The van der Waals surface area contributed by atoms with Crippen molar-refractivity contribution in [1.82, 2.24) is 15.2 Å². The van der Waals surface area contributed by atoms with E-state index in [1.165, 1.54) is 0 Å². The molecule has 0 saturated carbocycles. The molecule has 1 aliphatic heterocycles. The number of carbonyl (C=O) groups excluding carboxylic acids is 1. The number of rotatable bonds is 5. The van der Waals surface area contributed by atoms with Crippen molar-refractivity contribution in [1.29, 1.82) is 0 Å². The number of nitrogens with one attached hydrogen (secondary N) is 1. The van der Waals surface area contributed by atoms with Gasteiger partial charge in [0.25, 0.3) is 5.91 Å². The summed E-state index contributed by atoms with van der Waals surface area (Å²) in [7, 11) is 1.60. The van der Waals surface area contributed by atoms with Crippen molar-refractivity contribution in [2.75, 3.05) is 20.2 Å². The molecule has 0 spiro atoms. The number of pyridine rings is 1. The van der Waals surface area contributed by atoms with E-state index in [1.807, 2.05) is 47.4 Å². The fraction of sp³-hybridized carbons (Fsp3) is 0.400. The molecular weight excluding hydrogens is 350 g/mol. The summed E-state index contributed by atoms with van der Waals surface area (Å²) in [6, 6.07) is 13.5. The van der Waals surface area contributed by atoms with Gasteiger partial charge in [0, 0.05) is 12.2 Å². The molecular formula is C20H26ClN3O2. The molecule has 1 atom stereocenters. The molecule has 26 heavy (non-hydrogen) atoms. The van der Waals surface area contributed by atoms with Gasteiger partial charge in [0.15, 0.2) is 0 Å². The second-order valence-electron chi connectivity index (χ2n) is 6.29. The maximum atomic E-state index is 13.3. The maximum Gasteiger partial charge on any atom is 0.258 e. The summed E-state index contributed by atoms with van der Waals surface area (Å²) in [5.74, 6) is 0.625. The minimum absolute atomic E-state index is 0. The first-order valence-corrected chi connectivity index (χ1v) is 8.84. The number of carbonyl (C=O) groups is 1. The number of aromatic nitrogens is 1. The summed E-state index contributed by atoms with van der Waals surface area (Å²) >= 11 is 0. The highest BCUT2D eigenvalue weighted by Crippen LogP contribution is 2.24. The van der Waals surface area contributed by atoms with Crippen molar-refractivity contribution in [2.24, 2.45) is 0 Å². The second-order valence-corrected chi connectivity index (χ2v) is 6.29. The molecule has 0 aliphatic carbocycles. The number of benzene rings is 1. The second kappa shape index (κ2) is 10.1. The van der Waals surface area contributed by atoms with Gasteiger partial charge in [-0.3, -0.25) is 9.78 Å². The number of hydrogen-bond acceptors (Lipinski definition) is 4. The van der Waals surface area contributed by atoms with Crippen LogP contribution in [0.1, 0.15) is 35.3 Å².